The van der Waals surface area contributed by atoms with E-state index in [0.29, 0.717) is 15.5 Å². The van der Waals surface area contributed by atoms with Crippen LogP contribution in [0.4, 0.5) is 4.39 Å². The number of thiophene rings is 1. The van der Waals surface area contributed by atoms with Crippen molar-refractivity contribution >= 4 is 44.8 Å². The third-order valence-electron chi connectivity index (χ3n) is 4.20. The number of hydrogen-bond donors (Lipinski definition) is 1. The van der Waals surface area contributed by atoms with Gasteiger partial charge in [-0.05, 0) is 23.8 Å². The Hall–Kier alpha value is -2.64. The summed E-state index contributed by atoms with van der Waals surface area (Å²) in [5.74, 6) is -1.05. The fraction of sp³-hybridized carbons (Fsp3) is 0.200. The first-order valence-electron chi connectivity index (χ1n) is 8.42. The summed E-state index contributed by atoms with van der Waals surface area (Å²) in [5.41, 5.74) is 0.619. The molecule has 5 nitrogen and oxygen atoms in total. The number of carbonyl (C=O) groups is 2. The first kappa shape index (κ1) is 20.1. The highest BCUT2D eigenvalue weighted by Gasteiger charge is 2.18. The van der Waals surface area contributed by atoms with E-state index in [1.54, 1.807) is 13.1 Å². The van der Waals surface area contributed by atoms with Gasteiger partial charge in [0.15, 0.2) is 11.6 Å². The van der Waals surface area contributed by atoms with Gasteiger partial charge in [0.2, 0.25) is 5.91 Å². The van der Waals surface area contributed by atoms with Gasteiger partial charge in [-0.15, -0.1) is 11.3 Å². The second-order valence-electron chi connectivity index (χ2n) is 6.14. The summed E-state index contributed by atoms with van der Waals surface area (Å²) in [4.78, 5) is 26.5. The van der Waals surface area contributed by atoms with E-state index in [1.165, 1.54) is 35.5 Å². The Labute approximate surface area is 170 Å². The van der Waals surface area contributed by atoms with Crippen LogP contribution in [0.25, 0.3) is 10.1 Å². The van der Waals surface area contributed by atoms with Crippen LogP contribution in [-0.4, -0.2) is 37.4 Å². The third-order valence-corrected chi connectivity index (χ3v) is 5.88. The second kappa shape index (κ2) is 8.58. The number of fused-ring (bicyclic) bond motifs is 1. The molecule has 28 heavy (non-hydrogen) atoms. The number of nitrogens with one attached hydrogen (secondary N) is 1. The molecule has 0 atom stereocenters. The van der Waals surface area contributed by atoms with Crippen LogP contribution >= 0.6 is 22.9 Å². The van der Waals surface area contributed by atoms with Crippen molar-refractivity contribution in [2.24, 2.45) is 0 Å². The van der Waals surface area contributed by atoms with Crippen LogP contribution in [0.1, 0.15) is 15.2 Å². The molecule has 0 saturated carbocycles. The lowest BCUT2D eigenvalue weighted by molar-refractivity contribution is -0.129. The number of rotatable bonds is 6. The van der Waals surface area contributed by atoms with Crippen LogP contribution in [0.15, 0.2) is 42.5 Å². The summed E-state index contributed by atoms with van der Waals surface area (Å²) in [6.07, 6.45) is 0. The molecule has 0 aliphatic carbocycles. The zero-order chi connectivity index (χ0) is 20.3. The van der Waals surface area contributed by atoms with E-state index in [2.05, 4.69) is 5.32 Å². The van der Waals surface area contributed by atoms with E-state index in [1.807, 2.05) is 24.3 Å². The van der Waals surface area contributed by atoms with Gasteiger partial charge in [0.25, 0.3) is 5.91 Å². The molecule has 0 radical (unpaired) electrons. The average molecular weight is 421 g/mol. The van der Waals surface area contributed by atoms with Gasteiger partial charge >= 0.3 is 0 Å². The van der Waals surface area contributed by atoms with E-state index >= 15 is 0 Å². The Morgan fingerprint density at radius 2 is 2.00 bits per heavy atom. The number of nitrogens with zero attached hydrogens (tertiary/aromatic N) is 1. The molecular formula is C20H18ClFN2O3S. The lowest BCUT2D eigenvalue weighted by Crippen LogP contribution is -2.37. The predicted octanol–water partition coefficient (Wildman–Crippen LogP) is 4.09. The molecule has 0 fully saturated rings. The summed E-state index contributed by atoms with van der Waals surface area (Å²) in [7, 11) is 2.97. The minimum atomic E-state index is -0.492. The Morgan fingerprint density at radius 3 is 2.68 bits per heavy atom. The van der Waals surface area contributed by atoms with Crippen LogP contribution < -0.4 is 10.1 Å². The van der Waals surface area contributed by atoms with Gasteiger partial charge < -0.3 is 15.0 Å². The molecule has 146 valence electrons. The van der Waals surface area contributed by atoms with Crippen molar-refractivity contribution < 1.29 is 18.7 Å². The number of likely N-dealkylation sites (N-methyl/N-ethyl adjacent to an activating group) is 1. The normalized spacial score (nSPS) is 10.7. The van der Waals surface area contributed by atoms with Crippen molar-refractivity contribution in [3.8, 4) is 5.75 Å². The summed E-state index contributed by atoms with van der Waals surface area (Å²) < 4.78 is 19.6. The molecule has 1 heterocycles. The molecule has 0 aliphatic heterocycles. The SMILES string of the molecule is COc1ccc(CN(C)C(=O)CNC(=O)c2sc3ccccc3c2Cl)cc1F. The number of ether oxygens (including phenoxy) is 1. The highest BCUT2D eigenvalue weighted by molar-refractivity contribution is 7.21. The topological polar surface area (TPSA) is 58.6 Å². The van der Waals surface area contributed by atoms with Gasteiger partial charge in [0, 0.05) is 23.7 Å². The van der Waals surface area contributed by atoms with Gasteiger partial charge in [-0.25, -0.2) is 4.39 Å². The maximum Gasteiger partial charge on any atom is 0.263 e. The van der Waals surface area contributed by atoms with E-state index in [0.717, 1.165) is 10.1 Å². The molecule has 1 N–H and O–H groups in total. The molecule has 0 bridgehead atoms. The van der Waals surface area contributed by atoms with Crippen molar-refractivity contribution in [3.63, 3.8) is 0 Å². The van der Waals surface area contributed by atoms with Gasteiger partial charge in [-0.3, -0.25) is 9.59 Å². The minimum Gasteiger partial charge on any atom is -0.494 e. The average Bonchev–Trinajstić information content (AvgIpc) is 3.03. The van der Waals surface area contributed by atoms with E-state index in [9.17, 15) is 14.0 Å². The molecule has 0 aliphatic rings. The number of hydrogen-bond acceptors (Lipinski definition) is 4. The third kappa shape index (κ3) is 4.26. The molecule has 0 spiro atoms. The molecule has 0 unspecified atom stereocenters. The lowest BCUT2D eigenvalue weighted by atomic mass is 10.2. The molecule has 3 aromatic rings. The van der Waals surface area contributed by atoms with Crippen molar-refractivity contribution in [2.45, 2.75) is 6.54 Å². The van der Waals surface area contributed by atoms with Crippen molar-refractivity contribution in [3.05, 3.63) is 63.7 Å². The second-order valence-corrected chi connectivity index (χ2v) is 7.57. The lowest BCUT2D eigenvalue weighted by Gasteiger charge is -2.18. The maximum atomic E-state index is 13.8. The molecule has 2 amide bonds. The quantitative estimate of drug-likeness (QED) is 0.653. The van der Waals surface area contributed by atoms with Gasteiger partial charge in [0.1, 0.15) is 4.88 Å². The van der Waals surface area contributed by atoms with E-state index in [4.69, 9.17) is 16.3 Å². The van der Waals surface area contributed by atoms with E-state index in [-0.39, 0.29) is 24.7 Å². The minimum absolute atomic E-state index is 0.144. The Bertz CT molecular complexity index is 1040. The summed E-state index contributed by atoms with van der Waals surface area (Å²) in [6, 6.07) is 12.0. The molecule has 0 saturated heterocycles. The molecule has 3 rings (SSSR count). The van der Waals surface area contributed by atoms with Crippen molar-refractivity contribution in [2.75, 3.05) is 20.7 Å². The number of halogens is 2. The number of amides is 2. The van der Waals surface area contributed by atoms with Gasteiger partial charge in [0.05, 0.1) is 18.7 Å². The van der Waals surface area contributed by atoms with Crippen LogP contribution in [0.5, 0.6) is 5.75 Å². The first-order chi connectivity index (χ1) is 13.4. The van der Waals surface area contributed by atoms with Crippen LogP contribution in [0, 0.1) is 5.82 Å². The molecular weight excluding hydrogens is 403 g/mol. The highest BCUT2D eigenvalue weighted by Crippen LogP contribution is 2.34. The molecule has 8 heteroatoms. The van der Waals surface area contributed by atoms with Crippen molar-refractivity contribution in [1.82, 2.24) is 10.2 Å². The first-order valence-corrected chi connectivity index (χ1v) is 9.61. The predicted molar refractivity (Wildman–Crippen MR) is 109 cm³/mol. The van der Waals surface area contributed by atoms with Gasteiger partial charge in [-0.2, -0.15) is 0 Å². The fourth-order valence-corrected chi connectivity index (χ4v) is 4.13. The highest BCUT2D eigenvalue weighted by atomic mass is 35.5. The summed E-state index contributed by atoms with van der Waals surface area (Å²) in [6.45, 7) is 0.0256. The molecule has 1 aromatic heterocycles. The van der Waals surface area contributed by atoms with Crippen LogP contribution in [0.3, 0.4) is 0 Å². The largest absolute Gasteiger partial charge is 0.494 e. The van der Waals surface area contributed by atoms with Crippen LogP contribution in [-0.2, 0) is 11.3 Å². The van der Waals surface area contributed by atoms with Crippen LogP contribution in [0.2, 0.25) is 5.02 Å². The monoisotopic (exact) mass is 420 g/mol. The number of methoxy groups -OCH3 is 1. The van der Waals surface area contributed by atoms with Crippen molar-refractivity contribution in [1.29, 1.82) is 0 Å². The molecule has 2 aromatic carbocycles. The number of carbonyl (C=O) groups excluding carboxylic acids is 2. The standard InChI is InChI=1S/C20H18ClFN2O3S/c1-24(11-12-7-8-15(27-2)14(22)9-12)17(25)10-23-20(26)19-18(21)13-5-3-4-6-16(13)28-19/h3-9H,10-11H2,1-2H3,(H,23,26). The fourth-order valence-electron chi connectivity index (χ4n) is 2.70. The summed E-state index contributed by atoms with van der Waals surface area (Å²) >= 11 is 7.56. The summed E-state index contributed by atoms with van der Waals surface area (Å²) in [5, 5.41) is 3.79. The zero-order valence-electron chi connectivity index (χ0n) is 15.3. The number of benzene rings is 2. The Morgan fingerprint density at radius 1 is 1.25 bits per heavy atom. The Kier molecular flexibility index (Phi) is 6.16. The Balaban J connectivity index is 1.60. The zero-order valence-corrected chi connectivity index (χ0v) is 16.9. The maximum absolute atomic E-state index is 13.8. The van der Waals surface area contributed by atoms with Gasteiger partial charge in [-0.1, -0.05) is 35.9 Å². The smallest absolute Gasteiger partial charge is 0.263 e. The van der Waals surface area contributed by atoms with E-state index < -0.39 is 11.7 Å².